The molecule has 1 heterocycles. The van der Waals surface area contributed by atoms with E-state index in [4.69, 9.17) is 4.42 Å². The summed E-state index contributed by atoms with van der Waals surface area (Å²) in [7, 11) is 0. The molecule has 2 nitrogen and oxygen atoms in total. The average molecular weight is 269 g/mol. The van der Waals surface area contributed by atoms with Crippen molar-refractivity contribution in [2.75, 3.05) is 6.54 Å². The van der Waals surface area contributed by atoms with Crippen molar-refractivity contribution in [3.05, 3.63) is 59.5 Å². The molecule has 1 aliphatic rings. The third kappa shape index (κ3) is 2.66. The number of furan rings is 1. The lowest BCUT2D eigenvalue weighted by atomic mass is 9.77. The first-order chi connectivity index (χ1) is 9.90. The number of hydrogen-bond acceptors (Lipinski definition) is 2. The molecule has 1 aromatic carbocycles. The molecule has 0 fully saturated rings. The predicted octanol–water partition coefficient (Wildman–Crippen LogP) is 4.44. The van der Waals surface area contributed by atoms with Gasteiger partial charge in [-0.3, -0.25) is 0 Å². The maximum Gasteiger partial charge on any atom is 0.0950 e. The van der Waals surface area contributed by atoms with Crippen LogP contribution in [0.1, 0.15) is 54.8 Å². The lowest BCUT2D eigenvalue weighted by molar-refractivity contribution is 0.398. The second kappa shape index (κ2) is 6.27. The fourth-order valence-electron chi connectivity index (χ4n) is 3.38. The molecule has 0 amide bonds. The van der Waals surface area contributed by atoms with Crippen LogP contribution in [0.2, 0.25) is 0 Å². The molecule has 0 saturated heterocycles. The lowest BCUT2D eigenvalue weighted by Crippen LogP contribution is -2.29. The summed E-state index contributed by atoms with van der Waals surface area (Å²) in [5, 5.41) is 3.72. The maximum absolute atomic E-state index is 5.31. The Morgan fingerprint density at radius 3 is 3.00 bits per heavy atom. The Balaban J connectivity index is 1.92. The summed E-state index contributed by atoms with van der Waals surface area (Å²) in [5.74, 6) is 0.559. The first-order valence-corrected chi connectivity index (χ1v) is 7.73. The molecular formula is C18H23NO. The van der Waals surface area contributed by atoms with Crippen molar-refractivity contribution in [2.45, 2.75) is 44.6 Å². The van der Waals surface area contributed by atoms with Crippen LogP contribution in [-0.4, -0.2) is 6.54 Å². The van der Waals surface area contributed by atoms with E-state index in [0.29, 0.717) is 12.0 Å². The molecule has 2 atom stereocenters. The van der Waals surface area contributed by atoms with Crippen molar-refractivity contribution in [1.82, 2.24) is 5.32 Å². The van der Waals surface area contributed by atoms with E-state index in [1.54, 1.807) is 6.26 Å². The van der Waals surface area contributed by atoms with Gasteiger partial charge in [0.2, 0.25) is 0 Å². The van der Waals surface area contributed by atoms with Gasteiger partial charge >= 0.3 is 0 Å². The maximum atomic E-state index is 5.31. The monoisotopic (exact) mass is 269 g/mol. The van der Waals surface area contributed by atoms with Gasteiger partial charge in [0.1, 0.15) is 0 Å². The molecule has 1 aromatic heterocycles. The van der Waals surface area contributed by atoms with Gasteiger partial charge in [-0.15, -0.1) is 0 Å². The van der Waals surface area contributed by atoms with Gasteiger partial charge in [-0.2, -0.15) is 0 Å². The molecule has 20 heavy (non-hydrogen) atoms. The molecule has 2 unspecified atom stereocenters. The second-order valence-electron chi connectivity index (χ2n) is 5.69. The highest BCUT2D eigenvalue weighted by molar-refractivity contribution is 5.35. The van der Waals surface area contributed by atoms with Gasteiger partial charge in [0.05, 0.1) is 12.5 Å². The van der Waals surface area contributed by atoms with E-state index in [9.17, 15) is 0 Å². The van der Waals surface area contributed by atoms with Crippen molar-refractivity contribution >= 4 is 0 Å². The Hall–Kier alpha value is -1.54. The van der Waals surface area contributed by atoms with Crippen LogP contribution in [0.3, 0.4) is 0 Å². The zero-order chi connectivity index (χ0) is 13.8. The van der Waals surface area contributed by atoms with Crippen molar-refractivity contribution in [3.63, 3.8) is 0 Å². The normalized spacial score (nSPS) is 19.6. The minimum absolute atomic E-state index is 0.371. The summed E-state index contributed by atoms with van der Waals surface area (Å²) in [5.41, 5.74) is 4.32. The number of nitrogens with one attached hydrogen (secondary N) is 1. The summed E-state index contributed by atoms with van der Waals surface area (Å²) in [6.45, 7) is 3.27. The quantitative estimate of drug-likeness (QED) is 0.868. The van der Waals surface area contributed by atoms with E-state index in [0.717, 1.165) is 13.0 Å². The van der Waals surface area contributed by atoms with Crippen molar-refractivity contribution in [2.24, 2.45) is 0 Å². The average Bonchev–Trinajstić information content (AvgIpc) is 3.02. The van der Waals surface area contributed by atoms with Gasteiger partial charge in [-0.1, -0.05) is 31.2 Å². The zero-order valence-corrected chi connectivity index (χ0v) is 12.1. The van der Waals surface area contributed by atoms with Crippen LogP contribution in [0, 0.1) is 0 Å². The molecule has 0 radical (unpaired) electrons. The van der Waals surface area contributed by atoms with E-state index in [2.05, 4.69) is 42.6 Å². The molecule has 106 valence electrons. The Morgan fingerprint density at radius 1 is 1.30 bits per heavy atom. The van der Waals surface area contributed by atoms with E-state index in [-0.39, 0.29) is 0 Å². The van der Waals surface area contributed by atoms with Gasteiger partial charge in [0, 0.05) is 17.5 Å². The molecular weight excluding hydrogens is 246 g/mol. The van der Waals surface area contributed by atoms with Crippen LogP contribution in [-0.2, 0) is 6.42 Å². The molecule has 2 heteroatoms. The highest BCUT2D eigenvalue weighted by Crippen LogP contribution is 2.40. The largest absolute Gasteiger partial charge is 0.472 e. The van der Waals surface area contributed by atoms with Gasteiger partial charge in [-0.25, -0.2) is 0 Å². The highest BCUT2D eigenvalue weighted by atomic mass is 16.3. The Morgan fingerprint density at radius 2 is 2.20 bits per heavy atom. The van der Waals surface area contributed by atoms with Crippen LogP contribution in [0.15, 0.2) is 47.3 Å². The van der Waals surface area contributed by atoms with Crippen LogP contribution < -0.4 is 5.32 Å². The van der Waals surface area contributed by atoms with Gasteiger partial charge in [-0.05, 0) is 49.4 Å². The Bertz CT molecular complexity index is 532. The first kappa shape index (κ1) is 13.4. The summed E-state index contributed by atoms with van der Waals surface area (Å²) >= 11 is 0. The van der Waals surface area contributed by atoms with Crippen LogP contribution in [0.4, 0.5) is 0 Å². The number of fused-ring (bicyclic) bond motifs is 1. The molecule has 0 aliphatic heterocycles. The topological polar surface area (TPSA) is 25.2 Å². The predicted molar refractivity (Wildman–Crippen MR) is 81.9 cm³/mol. The third-order valence-corrected chi connectivity index (χ3v) is 4.33. The fourth-order valence-corrected chi connectivity index (χ4v) is 3.38. The fraction of sp³-hybridized carbons (Fsp3) is 0.444. The molecule has 1 aliphatic carbocycles. The standard InChI is InChI=1S/C18H23NO/c1-2-11-19-18(15-10-12-20-13-15)17-9-5-7-14-6-3-4-8-16(14)17/h3-4,6,8,10,12-13,17-19H,2,5,7,9,11H2,1H3. The van der Waals surface area contributed by atoms with Crippen molar-refractivity contribution in [3.8, 4) is 0 Å². The van der Waals surface area contributed by atoms with Gasteiger partial charge in [0.25, 0.3) is 0 Å². The summed E-state index contributed by atoms with van der Waals surface area (Å²) in [6.07, 6.45) is 8.59. The molecule has 0 bridgehead atoms. The SMILES string of the molecule is CCCNC(c1ccoc1)C1CCCc2ccccc21. The second-order valence-corrected chi connectivity index (χ2v) is 5.69. The van der Waals surface area contributed by atoms with Crippen molar-refractivity contribution < 1.29 is 4.42 Å². The van der Waals surface area contributed by atoms with Crippen molar-refractivity contribution in [1.29, 1.82) is 0 Å². The van der Waals surface area contributed by atoms with E-state index < -0.39 is 0 Å². The summed E-state index contributed by atoms with van der Waals surface area (Å²) in [4.78, 5) is 0. The van der Waals surface area contributed by atoms with Crippen LogP contribution in [0.5, 0.6) is 0 Å². The van der Waals surface area contributed by atoms with E-state index >= 15 is 0 Å². The van der Waals surface area contributed by atoms with Crippen LogP contribution >= 0.6 is 0 Å². The molecule has 1 N–H and O–H groups in total. The lowest BCUT2D eigenvalue weighted by Gasteiger charge is -2.32. The minimum atomic E-state index is 0.371. The smallest absolute Gasteiger partial charge is 0.0950 e. The summed E-state index contributed by atoms with van der Waals surface area (Å²) in [6, 6.07) is 11.4. The molecule has 0 saturated carbocycles. The minimum Gasteiger partial charge on any atom is -0.472 e. The van der Waals surface area contributed by atoms with Gasteiger partial charge < -0.3 is 9.73 Å². The van der Waals surface area contributed by atoms with E-state index in [1.807, 2.05) is 6.26 Å². The molecule has 3 rings (SSSR count). The molecule has 0 spiro atoms. The van der Waals surface area contributed by atoms with E-state index in [1.165, 1.54) is 36.0 Å². The highest BCUT2D eigenvalue weighted by Gasteiger charge is 2.28. The Labute approximate surface area is 121 Å². The van der Waals surface area contributed by atoms with Gasteiger partial charge in [0.15, 0.2) is 0 Å². The number of benzene rings is 1. The molecule has 2 aromatic rings. The number of aryl methyl sites for hydroxylation is 1. The summed E-state index contributed by atoms with van der Waals surface area (Å²) < 4.78 is 5.31. The number of hydrogen-bond donors (Lipinski definition) is 1. The third-order valence-electron chi connectivity index (χ3n) is 4.33. The van der Waals surface area contributed by atoms with Crippen LogP contribution in [0.25, 0.3) is 0 Å². The number of rotatable bonds is 5. The first-order valence-electron chi connectivity index (χ1n) is 7.73. The Kier molecular flexibility index (Phi) is 4.22. The zero-order valence-electron chi connectivity index (χ0n) is 12.1.